The van der Waals surface area contributed by atoms with Crippen molar-refractivity contribution in [1.29, 1.82) is 0 Å². The molecule has 0 saturated heterocycles. The van der Waals surface area contributed by atoms with Crippen LogP contribution in [-0.2, 0) is 4.79 Å². The van der Waals surface area contributed by atoms with Gasteiger partial charge >= 0.3 is 0 Å². The molecule has 1 atom stereocenters. The molecule has 0 aromatic carbocycles. The minimum Gasteiger partial charge on any atom is -0.368 e. The lowest BCUT2D eigenvalue weighted by molar-refractivity contribution is -0.131. The minimum absolute atomic E-state index is 0.136. The first-order chi connectivity index (χ1) is 13.1. The fourth-order valence-electron chi connectivity index (χ4n) is 4.45. The fourth-order valence-corrected chi connectivity index (χ4v) is 4.45. The molecule has 0 spiro atoms. The molecule has 0 fully saturated rings. The smallest absolute Gasteiger partial charge is 0.237 e. The molecule has 1 unspecified atom stereocenters. The maximum Gasteiger partial charge on any atom is 0.237 e. The Balaban J connectivity index is 3.73. The lowest BCUT2D eigenvalue weighted by Gasteiger charge is -2.40. The molecule has 2 N–H and O–H groups in total. The van der Waals surface area contributed by atoms with Gasteiger partial charge < -0.3 is 5.73 Å². The zero-order chi connectivity index (χ0) is 20.4. The van der Waals surface area contributed by atoms with E-state index in [4.69, 9.17) is 5.73 Å². The first kappa shape index (κ1) is 26.4. The van der Waals surface area contributed by atoms with Crippen molar-refractivity contribution in [1.82, 2.24) is 4.90 Å². The molecule has 1 amide bonds. The second-order valence-corrected chi connectivity index (χ2v) is 8.27. The molecule has 3 nitrogen and oxygen atoms in total. The summed E-state index contributed by atoms with van der Waals surface area (Å²) >= 11 is 0. The summed E-state index contributed by atoms with van der Waals surface area (Å²) in [5.74, 6) is -0.136. The fraction of sp³-hybridized carbons (Fsp3) is 0.958. The first-order valence-electron chi connectivity index (χ1n) is 12.1. The number of likely N-dealkylation sites (N-methyl/N-ethyl adjacent to an activating group) is 1. The predicted molar refractivity (Wildman–Crippen MR) is 120 cm³/mol. The summed E-state index contributed by atoms with van der Waals surface area (Å²) < 4.78 is 0. The molecule has 3 heteroatoms. The van der Waals surface area contributed by atoms with E-state index in [0.717, 1.165) is 32.4 Å². The van der Waals surface area contributed by atoms with E-state index in [1.807, 2.05) is 0 Å². The summed E-state index contributed by atoms with van der Waals surface area (Å²) in [7, 11) is 0. The maximum absolute atomic E-state index is 12.2. The average Bonchev–Trinajstić information content (AvgIpc) is 2.67. The van der Waals surface area contributed by atoms with Crippen molar-refractivity contribution in [3.8, 4) is 0 Å². The molecular formula is C24H50N2O. The van der Waals surface area contributed by atoms with Crippen molar-refractivity contribution in [3.05, 3.63) is 0 Å². The number of primary amides is 1. The second-order valence-electron chi connectivity index (χ2n) is 8.27. The van der Waals surface area contributed by atoms with Gasteiger partial charge in [0, 0.05) is 0 Å². The Hall–Kier alpha value is -0.570. The van der Waals surface area contributed by atoms with Gasteiger partial charge in [-0.3, -0.25) is 9.69 Å². The van der Waals surface area contributed by atoms with Crippen LogP contribution in [0, 0.1) is 0 Å². The highest BCUT2D eigenvalue weighted by Crippen LogP contribution is 2.27. The summed E-state index contributed by atoms with van der Waals surface area (Å²) in [5, 5.41) is 0. The van der Waals surface area contributed by atoms with E-state index in [9.17, 15) is 4.79 Å². The lowest BCUT2D eigenvalue weighted by atomic mass is 9.86. The zero-order valence-electron chi connectivity index (χ0n) is 19.2. The third kappa shape index (κ3) is 11.1. The van der Waals surface area contributed by atoms with Gasteiger partial charge in [-0.1, -0.05) is 118 Å². The minimum atomic E-state index is -0.430. The third-order valence-corrected chi connectivity index (χ3v) is 6.36. The van der Waals surface area contributed by atoms with E-state index in [2.05, 4.69) is 32.6 Å². The molecular weight excluding hydrogens is 332 g/mol. The number of unbranched alkanes of at least 4 members (excludes halogenated alkanes) is 13. The Morgan fingerprint density at radius 3 is 1.33 bits per heavy atom. The molecule has 0 heterocycles. The predicted octanol–water partition coefficient (Wildman–Crippen LogP) is 6.83. The van der Waals surface area contributed by atoms with E-state index in [1.165, 1.54) is 83.5 Å². The van der Waals surface area contributed by atoms with Gasteiger partial charge in [0.05, 0.1) is 5.54 Å². The number of nitrogens with two attached hydrogens (primary N) is 1. The third-order valence-electron chi connectivity index (χ3n) is 6.36. The second kappa shape index (κ2) is 17.5. The topological polar surface area (TPSA) is 46.3 Å². The molecule has 0 radical (unpaired) electrons. The van der Waals surface area contributed by atoms with E-state index >= 15 is 0 Å². The van der Waals surface area contributed by atoms with Crippen molar-refractivity contribution in [2.45, 2.75) is 136 Å². The molecule has 0 rings (SSSR count). The number of hydrogen-bond donors (Lipinski definition) is 1. The molecule has 162 valence electrons. The summed E-state index contributed by atoms with van der Waals surface area (Å²) in [4.78, 5) is 14.4. The van der Waals surface area contributed by atoms with Gasteiger partial charge in [0.1, 0.15) is 0 Å². The molecule has 0 aromatic heterocycles. The van der Waals surface area contributed by atoms with Gasteiger partial charge in [-0.05, 0) is 25.9 Å². The largest absolute Gasteiger partial charge is 0.368 e. The van der Waals surface area contributed by atoms with Crippen LogP contribution in [0.4, 0.5) is 0 Å². The van der Waals surface area contributed by atoms with Crippen molar-refractivity contribution in [2.75, 3.05) is 13.1 Å². The molecule has 0 aromatic rings. The summed E-state index contributed by atoms with van der Waals surface area (Å²) in [6.07, 6.45) is 20.8. The highest BCUT2D eigenvalue weighted by atomic mass is 16.1. The number of amides is 1. The number of hydrogen-bond acceptors (Lipinski definition) is 2. The van der Waals surface area contributed by atoms with Crippen LogP contribution < -0.4 is 5.73 Å². The maximum atomic E-state index is 12.2. The Kier molecular flexibility index (Phi) is 17.2. The highest BCUT2D eigenvalue weighted by molar-refractivity contribution is 5.84. The van der Waals surface area contributed by atoms with Gasteiger partial charge in [0.15, 0.2) is 0 Å². The number of rotatable bonds is 20. The number of carbonyl (C=O) groups excluding carboxylic acids is 1. The number of nitrogens with zero attached hydrogens (tertiary/aromatic N) is 1. The van der Waals surface area contributed by atoms with Gasteiger partial charge in [0.2, 0.25) is 5.91 Å². The summed E-state index contributed by atoms with van der Waals surface area (Å²) in [6, 6.07) is 0. The molecule has 0 aliphatic heterocycles. The Bertz CT molecular complexity index is 341. The van der Waals surface area contributed by atoms with Gasteiger partial charge in [-0.25, -0.2) is 0 Å². The van der Waals surface area contributed by atoms with Crippen LogP contribution in [0.5, 0.6) is 0 Å². The van der Waals surface area contributed by atoms with Crippen LogP contribution in [-0.4, -0.2) is 29.4 Å². The van der Waals surface area contributed by atoms with Crippen LogP contribution in [0.25, 0.3) is 0 Å². The van der Waals surface area contributed by atoms with Crippen LogP contribution >= 0.6 is 0 Å². The first-order valence-corrected chi connectivity index (χ1v) is 12.1. The highest BCUT2D eigenvalue weighted by Gasteiger charge is 2.38. The monoisotopic (exact) mass is 382 g/mol. The van der Waals surface area contributed by atoms with Crippen LogP contribution in [0.3, 0.4) is 0 Å². The molecule has 0 aliphatic carbocycles. The zero-order valence-corrected chi connectivity index (χ0v) is 19.2. The average molecular weight is 383 g/mol. The SMILES string of the molecule is CCCCCCCCCCCCCCCCC(CC)(C(N)=O)N(CC)CC. The molecule has 0 saturated carbocycles. The van der Waals surface area contributed by atoms with Crippen LogP contribution in [0.15, 0.2) is 0 Å². The van der Waals surface area contributed by atoms with Crippen molar-refractivity contribution < 1.29 is 4.79 Å². The molecule has 0 bridgehead atoms. The van der Waals surface area contributed by atoms with Crippen LogP contribution in [0.1, 0.15) is 130 Å². The van der Waals surface area contributed by atoms with E-state index < -0.39 is 5.54 Å². The normalized spacial score (nSPS) is 13.8. The van der Waals surface area contributed by atoms with Crippen LogP contribution in [0.2, 0.25) is 0 Å². The van der Waals surface area contributed by atoms with Crippen molar-refractivity contribution in [2.24, 2.45) is 5.73 Å². The van der Waals surface area contributed by atoms with E-state index in [1.54, 1.807) is 0 Å². The standard InChI is InChI=1S/C24H50N2O/c1-5-9-10-11-12-13-14-15-16-17-18-19-20-21-22-24(6-2,23(25)27)26(7-3)8-4/h5-22H2,1-4H3,(H2,25,27). The molecule has 27 heavy (non-hydrogen) atoms. The Morgan fingerprint density at radius 2 is 1.04 bits per heavy atom. The van der Waals surface area contributed by atoms with E-state index in [-0.39, 0.29) is 5.91 Å². The van der Waals surface area contributed by atoms with Crippen molar-refractivity contribution in [3.63, 3.8) is 0 Å². The quantitative estimate of drug-likeness (QED) is 0.234. The molecule has 0 aliphatic rings. The summed E-state index contributed by atoms with van der Waals surface area (Å²) in [6.45, 7) is 10.4. The van der Waals surface area contributed by atoms with Gasteiger partial charge in [-0.2, -0.15) is 0 Å². The van der Waals surface area contributed by atoms with E-state index in [0.29, 0.717) is 0 Å². The number of carbonyl (C=O) groups is 1. The summed E-state index contributed by atoms with van der Waals surface area (Å²) in [5.41, 5.74) is 5.38. The lowest BCUT2D eigenvalue weighted by Crippen LogP contribution is -2.57. The Labute approximate surface area is 170 Å². The van der Waals surface area contributed by atoms with Gasteiger partial charge in [-0.15, -0.1) is 0 Å². The van der Waals surface area contributed by atoms with Crippen molar-refractivity contribution >= 4 is 5.91 Å². The Morgan fingerprint density at radius 1 is 0.667 bits per heavy atom. The van der Waals surface area contributed by atoms with Gasteiger partial charge in [0.25, 0.3) is 0 Å².